The molecule has 17 heavy (non-hydrogen) atoms. The van der Waals surface area contributed by atoms with Gasteiger partial charge in [0.05, 0.1) is 0 Å². The van der Waals surface area contributed by atoms with Gasteiger partial charge in [-0.05, 0) is 68.5 Å². The average Bonchev–Trinajstić information content (AvgIpc) is 2.79. The summed E-state index contributed by atoms with van der Waals surface area (Å²) in [6, 6.07) is 0. The van der Waals surface area contributed by atoms with Gasteiger partial charge in [0.15, 0.2) is 0 Å². The van der Waals surface area contributed by atoms with Crippen molar-refractivity contribution in [1.82, 2.24) is 10.6 Å². The van der Waals surface area contributed by atoms with Crippen LogP contribution in [0.15, 0.2) is 0 Å². The fourth-order valence-corrected chi connectivity index (χ4v) is 4.21. The van der Waals surface area contributed by atoms with Crippen LogP contribution >= 0.6 is 0 Å². The normalized spacial score (nSPS) is 34.1. The number of hydrogen-bond acceptors (Lipinski definition) is 2. The molecule has 3 fully saturated rings. The highest BCUT2D eigenvalue weighted by Gasteiger charge is 2.53. The van der Waals surface area contributed by atoms with E-state index < -0.39 is 0 Å². The molecular formula is C15H28N2. The molecule has 0 bridgehead atoms. The minimum Gasteiger partial charge on any atom is -0.317 e. The van der Waals surface area contributed by atoms with Gasteiger partial charge in [-0.25, -0.2) is 0 Å². The molecule has 0 amide bonds. The molecule has 0 aromatic carbocycles. The van der Waals surface area contributed by atoms with E-state index in [0.29, 0.717) is 5.41 Å². The van der Waals surface area contributed by atoms with Crippen LogP contribution in [0.3, 0.4) is 0 Å². The Morgan fingerprint density at radius 1 is 1.12 bits per heavy atom. The standard InChI is InChI=1S/C15H28N2/c1-14(4-2-3-5-14)12-17-11-13-10-15(13)6-8-16-9-7-15/h13,16-17H,2-12H2,1H3. The second-order valence-electron chi connectivity index (χ2n) is 7.16. The van der Waals surface area contributed by atoms with Gasteiger partial charge in [-0.2, -0.15) is 0 Å². The van der Waals surface area contributed by atoms with Crippen LogP contribution in [-0.4, -0.2) is 26.2 Å². The lowest BCUT2D eigenvalue weighted by Gasteiger charge is -2.26. The Morgan fingerprint density at radius 3 is 2.53 bits per heavy atom. The monoisotopic (exact) mass is 236 g/mol. The zero-order valence-corrected chi connectivity index (χ0v) is 11.4. The molecule has 1 heterocycles. The number of piperidine rings is 1. The predicted octanol–water partition coefficient (Wildman–Crippen LogP) is 2.55. The van der Waals surface area contributed by atoms with Crippen LogP contribution in [0.2, 0.25) is 0 Å². The molecule has 2 saturated carbocycles. The summed E-state index contributed by atoms with van der Waals surface area (Å²) in [7, 11) is 0. The highest BCUT2D eigenvalue weighted by atomic mass is 14.9. The summed E-state index contributed by atoms with van der Waals surface area (Å²) in [6.07, 6.45) is 10.2. The van der Waals surface area contributed by atoms with Crippen molar-refractivity contribution in [2.75, 3.05) is 26.2 Å². The Bertz CT molecular complexity index is 262. The Morgan fingerprint density at radius 2 is 1.82 bits per heavy atom. The van der Waals surface area contributed by atoms with E-state index in [1.54, 1.807) is 0 Å². The molecule has 2 heteroatoms. The van der Waals surface area contributed by atoms with Crippen molar-refractivity contribution in [2.45, 2.75) is 51.9 Å². The maximum atomic E-state index is 3.78. The first-order chi connectivity index (χ1) is 8.23. The van der Waals surface area contributed by atoms with Gasteiger partial charge in [0.25, 0.3) is 0 Å². The van der Waals surface area contributed by atoms with Crippen LogP contribution < -0.4 is 10.6 Å². The molecular weight excluding hydrogens is 208 g/mol. The first-order valence-electron chi connectivity index (χ1n) is 7.64. The van der Waals surface area contributed by atoms with Gasteiger partial charge in [0.2, 0.25) is 0 Å². The van der Waals surface area contributed by atoms with Crippen molar-refractivity contribution in [3.8, 4) is 0 Å². The number of nitrogens with one attached hydrogen (secondary N) is 2. The summed E-state index contributed by atoms with van der Waals surface area (Å²) < 4.78 is 0. The quantitative estimate of drug-likeness (QED) is 0.784. The highest BCUT2D eigenvalue weighted by molar-refractivity contribution is 5.05. The summed E-state index contributed by atoms with van der Waals surface area (Å²) in [5.74, 6) is 0.995. The molecule has 2 nitrogen and oxygen atoms in total. The van der Waals surface area contributed by atoms with E-state index in [1.165, 1.54) is 71.1 Å². The Balaban J connectivity index is 1.38. The fraction of sp³-hybridized carbons (Fsp3) is 1.00. The molecule has 3 rings (SSSR count). The third-order valence-corrected chi connectivity index (χ3v) is 5.71. The summed E-state index contributed by atoms with van der Waals surface area (Å²) in [6.45, 7) is 7.54. The van der Waals surface area contributed by atoms with Crippen LogP contribution in [0.25, 0.3) is 0 Å². The van der Waals surface area contributed by atoms with Crippen molar-refractivity contribution >= 4 is 0 Å². The zero-order chi connectivity index (χ0) is 11.8. The van der Waals surface area contributed by atoms with Crippen molar-refractivity contribution in [3.63, 3.8) is 0 Å². The largest absolute Gasteiger partial charge is 0.317 e. The van der Waals surface area contributed by atoms with Gasteiger partial charge in [-0.3, -0.25) is 0 Å². The molecule has 3 aliphatic rings. The molecule has 0 aromatic rings. The minimum absolute atomic E-state index is 0.621. The van der Waals surface area contributed by atoms with Crippen molar-refractivity contribution in [3.05, 3.63) is 0 Å². The molecule has 0 aromatic heterocycles. The number of hydrogen-bond donors (Lipinski definition) is 2. The molecule has 1 atom stereocenters. The minimum atomic E-state index is 0.621. The van der Waals surface area contributed by atoms with E-state index >= 15 is 0 Å². The lowest BCUT2D eigenvalue weighted by atomic mass is 9.88. The summed E-state index contributed by atoms with van der Waals surface area (Å²) in [4.78, 5) is 0. The average molecular weight is 236 g/mol. The third kappa shape index (κ3) is 2.53. The van der Waals surface area contributed by atoms with Gasteiger partial charge < -0.3 is 10.6 Å². The van der Waals surface area contributed by atoms with Crippen LogP contribution in [0.1, 0.15) is 51.9 Å². The first-order valence-corrected chi connectivity index (χ1v) is 7.64. The molecule has 1 aliphatic heterocycles. The van der Waals surface area contributed by atoms with Gasteiger partial charge >= 0.3 is 0 Å². The van der Waals surface area contributed by atoms with E-state index in [-0.39, 0.29) is 0 Å². The van der Waals surface area contributed by atoms with E-state index in [4.69, 9.17) is 0 Å². The maximum absolute atomic E-state index is 3.78. The zero-order valence-electron chi connectivity index (χ0n) is 11.4. The van der Waals surface area contributed by atoms with Gasteiger partial charge in [-0.1, -0.05) is 19.8 Å². The number of rotatable bonds is 4. The lowest BCUT2D eigenvalue weighted by Crippen LogP contribution is -2.34. The van der Waals surface area contributed by atoms with E-state index in [2.05, 4.69) is 17.6 Å². The SMILES string of the molecule is CC1(CNCC2CC23CCNCC3)CCCC1. The summed E-state index contributed by atoms with van der Waals surface area (Å²) in [5, 5.41) is 7.27. The van der Waals surface area contributed by atoms with Crippen LogP contribution in [0.5, 0.6) is 0 Å². The van der Waals surface area contributed by atoms with Gasteiger partial charge in [0, 0.05) is 6.54 Å². The van der Waals surface area contributed by atoms with Crippen LogP contribution in [0.4, 0.5) is 0 Å². The second kappa shape index (κ2) is 4.55. The van der Waals surface area contributed by atoms with Crippen molar-refractivity contribution in [2.24, 2.45) is 16.7 Å². The Hall–Kier alpha value is -0.0800. The van der Waals surface area contributed by atoms with Crippen molar-refractivity contribution in [1.29, 1.82) is 0 Å². The third-order valence-electron chi connectivity index (χ3n) is 5.71. The van der Waals surface area contributed by atoms with Crippen LogP contribution in [0, 0.1) is 16.7 Å². The Kier molecular flexibility index (Phi) is 3.20. The molecule has 2 N–H and O–H groups in total. The topological polar surface area (TPSA) is 24.1 Å². The van der Waals surface area contributed by atoms with Gasteiger partial charge in [-0.15, -0.1) is 0 Å². The summed E-state index contributed by atoms with van der Waals surface area (Å²) >= 11 is 0. The van der Waals surface area contributed by atoms with E-state index in [1.807, 2.05) is 0 Å². The molecule has 98 valence electrons. The lowest BCUT2D eigenvalue weighted by molar-refractivity contribution is 0.291. The van der Waals surface area contributed by atoms with E-state index in [0.717, 1.165) is 11.3 Å². The Labute approximate surface area is 106 Å². The molecule has 1 saturated heterocycles. The maximum Gasteiger partial charge on any atom is 0.000528 e. The molecule has 1 spiro atoms. The molecule has 0 radical (unpaired) electrons. The van der Waals surface area contributed by atoms with Crippen LogP contribution in [-0.2, 0) is 0 Å². The smallest absolute Gasteiger partial charge is 0.000528 e. The second-order valence-corrected chi connectivity index (χ2v) is 7.16. The van der Waals surface area contributed by atoms with E-state index in [9.17, 15) is 0 Å². The summed E-state index contributed by atoms with van der Waals surface area (Å²) in [5.41, 5.74) is 1.38. The molecule has 1 unspecified atom stereocenters. The van der Waals surface area contributed by atoms with Crippen molar-refractivity contribution < 1.29 is 0 Å². The highest BCUT2D eigenvalue weighted by Crippen LogP contribution is 2.58. The predicted molar refractivity (Wildman–Crippen MR) is 72.1 cm³/mol. The first kappa shape index (κ1) is 12.0. The fourth-order valence-electron chi connectivity index (χ4n) is 4.21. The van der Waals surface area contributed by atoms with Gasteiger partial charge in [0.1, 0.15) is 0 Å². The molecule has 2 aliphatic carbocycles.